The van der Waals surface area contributed by atoms with E-state index in [4.69, 9.17) is 10.5 Å². The summed E-state index contributed by atoms with van der Waals surface area (Å²) in [6.07, 6.45) is 2.75. The third-order valence-corrected chi connectivity index (χ3v) is 3.25. The molecular formula is C10H17N3O2S. The number of methoxy groups -OCH3 is 1. The van der Waals surface area contributed by atoms with Gasteiger partial charge < -0.3 is 10.5 Å². The van der Waals surface area contributed by atoms with Crippen LogP contribution in [0.25, 0.3) is 0 Å². The number of carbonyl (C=O) groups is 1. The van der Waals surface area contributed by atoms with Crippen molar-refractivity contribution in [2.24, 2.45) is 5.73 Å². The molecule has 0 aliphatic carbocycles. The highest BCUT2D eigenvalue weighted by Gasteiger charge is 2.14. The zero-order chi connectivity index (χ0) is 12.0. The Morgan fingerprint density at radius 3 is 3.00 bits per heavy atom. The van der Waals surface area contributed by atoms with Gasteiger partial charge in [-0.15, -0.1) is 11.3 Å². The van der Waals surface area contributed by atoms with Gasteiger partial charge in [0.15, 0.2) is 0 Å². The van der Waals surface area contributed by atoms with Gasteiger partial charge in [0.25, 0.3) is 0 Å². The van der Waals surface area contributed by atoms with Crippen molar-refractivity contribution < 1.29 is 9.53 Å². The molecule has 0 aromatic carbocycles. The van der Waals surface area contributed by atoms with Gasteiger partial charge in [-0.05, 0) is 6.42 Å². The lowest BCUT2D eigenvalue weighted by Gasteiger charge is -2.13. The summed E-state index contributed by atoms with van der Waals surface area (Å²) in [4.78, 5) is 16.4. The van der Waals surface area contributed by atoms with Crippen LogP contribution in [-0.4, -0.2) is 30.6 Å². The Labute approximate surface area is 99.0 Å². The number of aromatic nitrogens is 1. The van der Waals surface area contributed by atoms with E-state index in [1.807, 2.05) is 6.20 Å². The van der Waals surface area contributed by atoms with Crippen LogP contribution in [0.1, 0.15) is 16.8 Å². The van der Waals surface area contributed by atoms with Crippen molar-refractivity contribution in [2.45, 2.75) is 25.9 Å². The zero-order valence-electron chi connectivity index (χ0n) is 9.53. The van der Waals surface area contributed by atoms with E-state index in [9.17, 15) is 4.79 Å². The van der Waals surface area contributed by atoms with Gasteiger partial charge in [-0.25, -0.2) is 4.98 Å². The van der Waals surface area contributed by atoms with Crippen LogP contribution >= 0.6 is 11.3 Å². The molecule has 0 fully saturated rings. The minimum atomic E-state index is -0.447. The van der Waals surface area contributed by atoms with Gasteiger partial charge in [0.1, 0.15) is 6.04 Å². The van der Waals surface area contributed by atoms with Crippen molar-refractivity contribution >= 4 is 17.2 Å². The van der Waals surface area contributed by atoms with E-state index in [0.29, 0.717) is 6.54 Å². The Bertz CT molecular complexity index is 341. The number of hydrogen-bond acceptors (Lipinski definition) is 5. The fraction of sp³-hybridized carbons (Fsp3) is 0.600. The van der Waals surface area contributed by atoms with E-state index in [0.717, 1.165) is 16.3 Å². The smallest absolute Gasteiger partial charge is 0.236 e. The second kappa shape index (κ2) is 6.57. The number of hydrogen-bond donors (Lipinski definition) is 2. The van der Waals surface area contributed by atoms with Crippen molar-refractivity contribution in [3.63, 3.8) is 0 Å². The number of thiazole rings is 1. The van der Waals surface area contributed by atoms with Gasteiger partial charge in [0, 0.05) is 24.7 Å². The topological polar surface area (TPSA) is 77.2 Å². The van der Waals surface area contributed by atoms with Crippen LogP contribution in [0.2, 0.25) is 0 Å². The molecule has 0 bridgehead atoms. The highest BCUT2D eigenvalue weighted by atomic mass is 32.1. The first-order valence-corrected chi connectivity index (χ1v) is 5.94. The Balaban J connectivity index is 2.45. The van der Waals surface area contributed by atoms with Crippen LogP contribution in [0.4, 0.5) is 0 Å². The molecule has 1 amide bonds. The van der Waals surface area contributed by atoms with Gasteiger partial charge in [-0.2, -0.15) is 0 Å². The molecule has 0 aliphatic rings. The largest absolute Gasteiger partial charge is 0.383 e. The van der Waals surface area contributed by atoms with Crippen LogP contribution in [0.15, 0.2) is 6.20 Å². The zero-order valence-corrected chi connectivity index (χ0v) is 10.3. The molecule has 1 aromatic heterocycles. The molecule has 1 atom stereocenters. The Kier molecular flexibility index (Phi) is 5.37. The van der Waals surface area contributed by atoms with Crippen LogP contribution < -0.4 is 11.1 Å². The van der Waals surface area contributed by atoms with Crippen molar-refractivity contribution in [1.82, 2.24) is 10.3 Å². The summed E-state index contributed by atoms with van der Waals surface area (Å²) in [5, 5.41) is 4.14. The third kappa shape index (κ3) is 3.88. The first-order chi connectivity index (χ1) is 7.67. The van der Waals surface area contributed by atoms with E-state index in [2.05, 4.69) is 17.2 Å². The fourth-order valence-corrected chi connectivity index (χ4v) is 2.04. The maximum atomic E-state index is 11.0. The van der Waals surface area contributed by atoms with E-state index in [1.54, 1.807) is 18.4 Å². The molecule has 1 unspecified atom stereocenters. The molecule has 5 nitrogen and oxygen atoms in total. The molecule has 90 valence electrons. The number of primary amides is 1. The molecular weight excluding hydrogens is 226 g/mol. The highest BCUT2D eigenvalue weighted by molar-refractivity contribution is 7.11. The minimum Gasteiger partial charge on any atom is -0.383 e. The number of carbonyl (C=O) groups excluding carboxylic acids is 1. The van der Waals surface area contributed by atoms with Crippen molar-refractivity contribution in [2.75, 3.05) is 13.7 Å². The molecule has 1 aromatic rings. The molecule has 0 aliphatic heterocycles. The first-order valence-electron chi connectivity index (χ1n) is 5.12. The lowest BCUT2D eigenvalue weighted by Crippen LogP contribution is -2.43. The summed E-state index contributed by atoms with van der Waals surface area (Å²) in [5.74, 6) is -0.401. The predicted molar refractivity (Wildman–Crippen MR) is 63.2 cm³/mol. The first kappa shape index (κ1) is 13.1. The lowest BCUT2D eigenvalue weighted by atomic mass is 10.3. The van der Waals surface area contributed by atoms with Crippen LogP contribution in [0.3, 0.4) is 0 Å². The monoisotopic (exact) mass is 243 g/mol. The Morgan fingerprint density at radius 2 is 2.50 bits per heavy atom. The van der Waals surface area contributed by atoms with E-state index < -0.39 is 11.9 Å². The van der Waals surface area contributed by atoms with Gasteiger partial charge >= 0.3 is 0 Å². The average Bonchev–Trinajstić information content (AvgIpc) is 2.71. The van der Waals surface area contributed by atoms with E-state index >= 15 is 0 Å². The van der Waals surface area contributed by atoms with E-state index in [1.165, 1.54) is 0 Å². The number of aryl methyl sites for hydroxylation is 1. The molecule has 1 rings (SSSR count). The summed E-state index contributed by atoms with van der Waals surface area (Å²) in [5.41, 5.74) is 5.22. The van der Waals surface area contributed by atoms with Gasteiger partial charge in [-0.1, -0.05) is 6.92 Å². The summed E-state index contributed by atoms with van der Waals surface area (Å²) >= 11 is 1.64. The number of ether oxygens (including phenoxy) is 1. The standard InChI is InChI=1S/C10H17N3O2S/c1-3-9-13-5-7(16-9)4-12-8(6-15-2)10(11)14/h5,8,12H,3-4,6H2,1-2H3,(H2,11,14). The minimum absolute atomic E-state index is 0.286. The quantitative estimate of drug-likeness (QED) is 0.722. The lowest BCUT2D eigenvalue weighted by molar-refractivity contribution is -0.121. The second-order valence-corrected chi connectivity index (χ2v) is 4.56. The molecule has 3 N–H and O–H groups in total. The SMILES string of the molecule is CCc1ncc(CNC(COC)C(N)=O)s1. The van der Waals surface area contributed by atoms with Gasteiger partial charge in [-0.3, -0.25) is 10.1 Å². The highest BCUT2D eigenvalue weighted by Crippen LogP contribution is 2.12. The van der Waals surface area contributed by atoms with E-state index in [-0.39, 0.29) is 6.61 Å². The number of amides is 1. The summed E-state index contributed by atoms with van der Waals surface area (Å²) in [6, 6.07) is -0.447. The summed E-state index contributed by atoms with van der Waals surface area (Å²) < 4.78 is 4.90. The number of rotatable bonds is 7. The summed E-state index contributed by atoms with van der Waals surface area (Å²) in [7, 11) is 1.54. The number of nitrogens with zero attached hydrogens (tertiary/aromatic N) is 1. The van der Waals surface area contributed by atoms with Gasteiger partial charge in [0.2, 0.25) is 5.91 Å². The average molecular weight is 243 g/mol. The predicted octanol–water partition coefficient (Wildman–Crippen LogP) is 0.295. The van der Waals surface area contributed by atoms with Crippen LogP contribution in [0.5, 0.6) is 0 Å². The van der Waals surface area contributed by atoms with Crippen LogP contribution in [0, 0.1) is 0 Å². The maximum Gasteiger partial charge on any atom is 0.236 e. The van der Waals surface area contributed by atoms with Crippen molar-refractivity contribution in [3.8, 4) is 0 Å². The Morgan fingerprint density at radius 1 is 1.75 bits per heavy atom. The molecule has 0 spiro atoms. The molecule has 0 saturated carbocycles. The fourth-order valence-electron chi connectivity index (χ4n) is 1.23. The number of nitrogens with one attached hydrogen (secondary N) is 1. The molecule has 6 heteroatoms. The number of nitrogens with two attached hydrogens (primary N) is 1. The molecule has 0 radical (unpaired) electrons. The summed E-state index contributed by atoms with van der Waals surface area (Å²) in [6.45, 7) is 2.94. The third-order valence-electron chi connectivity index (χ3n) is 2.10. The molecule has 1 heterocycles. The molecule has 0 saturated heterocycles. The van der Waals surface area contributed by atoms with Crippen LogP contribution in [-0.2, 0) is 22.5 Å². The van der Waals surface area contributed by atoms with Gasteiger partial charge in [0.05, 0.1) is 11.6 Å². The van der Waals surface area contributed by atoms with Crippen molar-refractivity contribution in [1.29, 1.82) is 0 Å². The maximum absolute atomic E-state index is 11.0. The normalized spacial score (nSPS) is 12.6. The Hall–Kier alpha value is -0.980. The molecule has 16 heavy (non-hydrogen) atoms. The second-order valence-electron chi connectivity index (χ2n) is 3.37. The van der Waals surface area contributed by atoms with Crippen molar-refractivity contribution in [3.05, 3.63) is 16.1 Å².